The van der Waals surface area contributed by atoms with Crippen LogP contribution in [0.3, 0.4) is 0 Å². The lowest BCUT2D eigenvalue weighted by molar-refractivity contribution is -0.121. The largest absolute Gasteiger partial charge is 0.369 e. The molecule has 1 N–H and O–H groups in total. The maximum absolute atomic E-state index is 11.3. The van der Waals surface area contributed by atoms with Gasteiger partial charge in [-0.15, -0.1) is 0 Å². The molecule has 1 aliphatic rings. The van der Waals surface area contributed by atoms with Crippen molar-refractivity contribution in [1.29, 1.82) is 0 Å². The number of halogens is 1. The molecule has 4 nitrogen and oxygen atoms in total. The zero-order valence-corrected chi connectivity index (χ0v) is 11.3. The van der Waals surface area contributed by atoms with E-state index in [-0.39, 0.29) is 5.91 Å². The van der Waals surface area contributed by atoms with Crippen LogP contribution in [0.15, 0.2) is 24.3 Å². The van der Waals surface area contributed by atoms with Crippen LogP contribution in [0, 0.1) is 0 Å². The van der Waals surface area contributed by atoms with E-state index < -0.39 is 0 Å². The predicted molar refractivity (Wildman–Crippen MR) is 74.2 cm³/mol. The molecule has 0 radical (unpaired) electrons. The zero-order valence-electron chi connectivity index (χ0n) is 10.5. The first-order chi connectivity index (χ1) is 8.69. The van der Waals surface area contributed by atoms with Gasteiger partial charge in [-0.1, -0.05) is 17.7 Å². The Balaban J connectivity index is 1.88. The van der Waals surface area contributed by atoms with Gasteiger partial charge in [-0.2, -0.15) is 0 Å². The molecule has 1 fully saturated rings. The number of nitrogens with one attached hydrogen (secondary N) is 1. The topological polar surface area (TPSA) is 35.6 Å². The summed E-state index contributed by atoms with van der Waals surface area (Å²) in [5, 5.41) is 3.42. The quantitative estimate of drug-likeness (QED) is 0.894. The van der Waals surface area contributed by atoms with E-state index >= 15 is 0 Å². The van der Waals surface area contributed by atoms with Crippen LogP contribution in [0.2, 0.25) is 5.02 Å². The maximum atomic E-state index is 11.3. The van der Waals surface area contributed by atoms with Gasteiger partial charge >= 0.3 is 0 Å². The molecule has 0 saturated carbocycles. The molecular formula is C13H18ClN3O. The van der Waals surface area contributed by atoms with Gasteiger partial charge < -0.3 is 10.2 Å². The molecule has 1 aromatic carbocycles. The van der Waals surface area contributed by atoms with Crippen molar-refractivity contribution in [3.05, 3.63) is 29.3 Å². The molecule has 5 heteroatoms. The summed E-state index contributed by atoms with van der Waals surface area (Å²) in [7, 11) is 1.67. The highest BCUT2D eigenvalue weighted by Crippen LogP contribution is 2.20. The first-order valence-electron chi connectivity index (χ1n) is 6.12. The van der Waals surface area contributed by atoms with Gasteiger partial charge in [0.15, 0.2) is 0 Å². The van der Waals surface area contributed by atoms with Crippen LogP contribution < -0.4 is 10.2 Å². The summed E-state index contributed by atoms with van der Waals surface area (Å²) in [6, 6.07) is 7.90. The first-order valence-corrected chi connectivity index (χ1v) is 6.50. The number of amides is 1. The highest BCUT2D eigenvalue weighted by Gasteiger charge is 2.18. The van der Waals surface area contributed by atoms with Crippen LogP contribution in [-0.2, 0) is 4.79 Å². The van der Waals surface area contributed by atoms with E-state index in [1.54, 1.807) is 7.05 Å². The van der Waals surface area contributed by atoms with Crippen molar-refractivity contribution in [2.75, 3.05) is 44.7 Å². The Labute approximate surface area is 113 Å². The SMILES string of the molecule is CNC(=O)CN1CCN(c2cccc(Cl)c2)CC1. The normalized spacial score (nSPS) is 16.7. The number of hydrogen-bond acceptors (Lipinski definition) is 3. The Bertz CT molecular complexity index is 416. The number of nitrogens with zero attached hydrogens (tertiary/aromatic N) is 2. The van der Waals surface area contributed by atoms with Gasteiger partial charge in [0.2, 0.25) is 5.91 Å². The second-order valence-electron chi connectivity index (χ2n) is 4.42. The third-order valence-electron chi connectivity index (χ3n) is 3.19. The Kier molecular flexibility index (Phi) is 4.44. The van der Waals surface area contributed by atoms with Gasteiger partial charge in [0.1, 0.15) is 0 Å². The average Bonchev–Trinajstić information content (AvgIpc) is 2.39. The van der Waals surface area contributed by atoms with Crippen LogP contribution in [0.4, 0.5) is 5.69 Å². The molecule has 0 unspecified atom stereocenters. The zero-order chi connectivity index (χ0) is 13.0. The highest BCUT2D eigenvalue weighted by molar-refractivity contribution is 6.30. The van der Waals surface area contributed by atoms with Crippen molar-refractivity contribution in [2.45, 2.75) is 0 Å². The predicted octanol–water partition coefficient (Wildman–Crippen LogP) is 1.21. The van der Waals surface area contributed by atoms with E-state index in [1.807, 2.05) is 18.2 Å². The summed E-state index contributed by atoms with van der Waals surface area (Å²) in [6.07, 6.45) is 0. The van der Waals surface area contributed by atoms with Crippen LogP contribution in [0.5, 0.6) is 0 Å². The Morgan fingerprint density at radius 3 is 2.67 bits per heavy atom. The van der Waals surface area contributed by atoms with Crippen LogP contribution in [0.1, 0.15) is 0 Å². The number of hydrogen-bond donors (Lipinski definition) is 1. The second kappa shape index (κ2) is 6.07. The minimum absolute atomic E-state index is 0.0752. The van der Waals surface area contributed by atoms with Crippen molar-refractivity contribution >= 4 is 23.2 Å². The van der Waals surface area contributed by atoms with E-state index in [4.69, 9.17) is 11.6 Å². The molecule has 0 bridgehead atoms. The van der Waals surface area contributed by atoms with Gasteiger partial charge in [0.05, 0.1) is 6.54 Å². The second-order valence-corrected chi connectivity index (χ2v) is 4.85. The van der Waals surface area contributed by atoms with Crippen molar-refractivity contribution in [2.24, 2.45) is 0 Å². The number of likely N-dealkylation sites (N-methyl/N-ethyl adjacent to an activating group) is 1. The fraction of sp³-hybridized carbons (Fsp3) is 0.462. The third-order valence-corrected chi connectivity index (χ3v) is 3.43. The van der Waals surface area contributed by atoms with Crippen molar-refractivity contribution in [3.63, 3.8) is 0 Å². The fourth-order valence-corrected chi connectivity index (χ4v) is 2.30. The van der Waals surface area contributed by atoms with Crippen molar-refractivity contribution in [1.82, 2.24) is 10.2 Å². The molecule has 0 aromatic heterocycles. The number of carbonyl (C=O) groups excluding carboxylic acids is 1. The summed E-state index contributed by atoms with van der Waals surface area (Å²) in [5.41, 5.74) is 1.15. The number of carbonyl (C=O) groups is 1. The summed E-state index contributed by atoms with van der Waals surface area (Å²) in [4.78, 5) is 15.8. The monoisotopic (exact) mass is 267 g/mol. The van der Waals surface area contributed by atoms with Crippen LogP contribution in [-0.4, -0.2) is 50.6 Å². The molecule has 1 aromatic rings. The first kappa shape index (κ1) is 13.2. The Morgan fingerprint density at radius 2 is 2.06 bits per heavy atom. The highest BCUT2D eigenvalue weighted by atomic mass is 35.5. The molecule has 18 heavy (non-hydrogen) atoms. The van der Waals surface area contributed by atoms with Gasteiger partial charge in [-0.25, -0.2) is 0 Å². The summed E-state index contributed by atoms with van der Waals surface area (Å²) in [5.74, 6) is 0.0752. The molecule has 0 atom stereocenters. The number of benzene rings is 1. The van der Waals surface area contributed by atoms with Crippen molar-refractivity contribution in [3.8, 4) is 0 Å². The lowest BCUT2D eigenvalue weighted by Gasteiger charge is -2.35. The average molecular weight is 268 g/mol. The number of anilines is 1. The van der Waals surface area contributed by atoms with Crippen LogP contribution >= 0.6 is 11.6 Å². The molecular weight excluding hydrogens is 250 g/mol. The molecule has 1 aliphatic heterocycles. The van der Waals surface area contributed by atoms with E-state index in [9.17, 15) is 4.79 Å². The minimum atomic E-state index is 0.0752. The van der Waals surface area contributed by atoms with Gasteiger partial charge in [-0.05, 0) is 18.2 Å². The molecule has 98 valence electrons. The van der Waals surface area contributed by atoms with E-state index in [1.165, 1.54) is 0 Å². The molecule has 2 rings (SSSR count). The van der Waals surface area contributed by atoms with Gasteiger partial charge in [0.25, 0.3) is 0 Å². The molecule has 0 spiro atoms. The maximum Gasteiger partial charge on any atom is 0.233 e. The number of piperazine rings is 1. The van der Waals surface area contributed by atoms with Gasteiger partial charge in [-0.3, -0.25) is 9.69 Å². The number of rotatable bonds is 3. The van der Waals surface area contributed by atoms with Crippen LogP contribution in [0.25, 0.3) is 0 Å². The lowest BCUT2D eigenvalue weighted by Crippen LogP contribution is -2.49. The third kappa shape index (κ3) is 3.37. The Hall–Kier alpha value is -1.26. The molecule has 1 saturated heterocycles. The van der Waals surface area contributed by atoms with Gasteiger partial charge in [0, 0.05) is 43.9 Å². The standard InChI is InChI=1S/C13H18ClN3O/c1-15-13(18)10-16-5-7-17(8-6-16)12-4-2-3-11(14)9-12/h2-4,9H,5-8,10H2,1H3,(H,15,18). The molecule has 1 amide bonds. The fourth-order valence-electron chi connectivity index (χ4n) is 2.12. The minimum Gasteiger partial charge on any atom is -0.369 e. The smallest absolute Gasteiger partial charge is 0.233 e. The summed E-state index contributed by atoms with van der Waals surface area (Å²) >= 11 is 5.99. The summed E-state index contributed by atoms with van der Waals surface area (Å²) in [6.45, 7) is 4.15. The van der Waals surface area contributed by atoms with E-state index in [0.29, 0.717) is 6.54 Å². The van der Waals surface area contributed by atoms with E-state index in [0.717, 1.165) is 36.9 Å². The van der Waals surface area contributed by atoms with E-state index in [2.05, 4.69) is 21.2 Å². The Morgan fingerprint density at radius 1 is 1.33 bits per heavy atom. The lowest BCUT2D eigenvalue weighted by atomic mass is 10.2. The molecule has 1 heterocycles. The molecule has 0 aliphatic carbocycles. The summed E-state index contributed by atoms with van der Waals surface area (Å²) < 4.78 is 0. The van der Waals surface area contributed by atoms with Crippen molar-refractivity contribution < 1.29 is 4.79 Å².